The molecular formula is C20H16N6. The van der Waals surface area contributed by atoms with Crippen LogP contribution in [0, 0.1) is 13.8 Å². The third-order valence-electron chi connectivity index (χ3n) is 3.84. The van der Waals surface area contributed by atoms with Crippen LogP contribution in [0.4, 0.5) is 0 Å². The average molecular weight is 340 g/mol. The zero-order valence-corrected chi connectivity index (χ0v) is 14.5. The minimum Gasteiger partial charge on any atom is -0.237 e. The van der Waals surface area contributed by atoms with Crippen LogP contribution >= 0.6 is 0 Å². The standard InChI is InChI=1S/C20H16N6/c1-13-9-23-19(24-10-13)16-6-15(18-21-4-3-5-22-18)7-17(8-16)20-25-11-14(2)12-26-20/h3-12H,1-2H3. The molecule has 6 nitrogen and oxygen atoms in total. The molecule has 0 radical (unpaired) electrons. The van der Waals surface area contributed by atoms with Gasteiger partial charge in [-0.25, -0.2) is 29.9 Å². The summed E-state index contributed by atoms with van der Waals surface area (Å²) in [5.74, 6) is 1.92. The van der Waals surface area contributed by atoms with Crippen molar-refractivity contribution in [1.29, 1.82) is 0 Å². The normalized spacial score (nSPS) is 10.7. The lowest BCUT2D eigenvalue weighted by Crippen LogP contribution is -1.95. The van der Waals surface area contributed by atoms with Gasteiger partial charge in [-0.2, -0.15) is 0 Å². The zero-order chi connectivity index (χ0) is 17.9. The molecule has 0 saturated carbocycles. The van der Waals surface area contributed by atoms with Gasteiger partial charge in [0.05, 0.1) is 0 Å². The van der Waals surface area contributed by atoms with Gasteiger partial charge in [0.15, 0.2) is 17.5 Å². The molecule has 0 spiro atoms. The number of hydrogen-bond donors (Lipinski definition) is 0. The molecule has 0 fully saturated rings. The number of benzene rings is 1. The number of aryl methyl sites for hydroxylation is 2. The maximum Gasteiger partial charge on any atom is 0.159 e. The van der Waals surface area contributed by atoms with Crippen molar-refractivity contribution in [3.05, 3.63) is 72.6 Å². The summed E-state index contributed by atoms with van der Waals surface area (Å²) in [4.78, 5) is 26.5. The summed E-state index contributed by atoms with van der Waals surface area (Å²) < 4.78 is 0. The molecule has 0 aliphatic carbocycles. The number of rotatable bonds is 3. The summed E-state index contributed by atoms with van der Waals surface area (Å²) in [5, 5.41) is 0. The number of aromatic nitrogens is 6. The molecule has 1 aromatic carbocycles. The molecule has 26 heavy (non-hydrogen) atoms. The summed E-state index contributed by atoms with van der Waals surface area (Å²) in [7, 11) is 0. The molecular weight excluding hydrogens is 324 g/mol. The van der Waals surface area contributed by atoms with Crippen LogP contribution in [-0.2, 0) is 0 Å². The van der Waals surface area contributed by atoms with E-state index in [-0.39, 0.29) is 0 Å². The molecule has 3 aromatic heterocycles. The molecule has 0 saturated heterocycles. The Hall–Kier alpha value is -3.54. The fourth-order valence-corrected chi connectivity index (χ4v) is 2.55. The van der Waals surface area contributed by atoms with Gasteiger partial charge in [-0.3, -0.25) is 0 Å². The molecule has 0 amide bonds. The first kappa shape index (κ1) is 16.0. The predicted molar refractivity (Wildman–Crippen MR) is 99.0 cm³/mol. The second kappa shape index (κ2) is 6.76. The van der Waals surface area contributed by atoms with E-state index in [4.69, 9.17) is 0 Å². The summed E-state index contributed by atoms with van der Waals surface area (Å²) in [6, 6.07) is 7.75. The second-order valence-corrected chi connectivity index (χ2v) is 6.04. The average Bonchev–Trinajstić information content (AvgIpc) is 2.69. The van der Waals surface area contributed by atoms with Crippen molar-refractivity contribution in [3.8, 4) is 34.2 Å². The van der Waals surface area contributed by atoms with Gasteiger partial charge in [0.25, 0.3) is 0 Å². The first-order valence-electron chi connectivity index (χ1n) is 8.19. The van der Waals surface area contributed by atoms with Crippen LogP contribution in [0.15, 0.2) is 61.4 Å². The smallest absolute Gasteiger partial charge is 0.159 e. The SMILES string of the molecule is Cc1cnc(-c2cc(-c3ncccn3)cc(-c3ncc(C)cn3)c2)nc1. The Kier molecular flexibility index (Phi) is 4.15. The van der Waals surface area contributed by atoms with Gasteiger partial charge in [-0.1, -0.05) is 0 Å². The lowest BCUT2D eigenvalue weighted by atomic mass is 10.0. The van der Waals surface area contributed by atoms with Gasteiger partial charge >= 0.3 is 0 Å². The first-order valence-corrected chi connectivity index (χ1v) is 8.19. The van der Waals surface area contributed by atoms with Crippen molar-refractivity contribution < 1.29 is 0 Å². The fraction of sp³-hybridized carbons (Fsp3) is 0.100. The van der Waals surface area contributed by atoms with E-state index in [0.717, 1.165) is 27.8 Å². The van der Waals surface area contributed by atoms with Crippen LogP contribution in [0.3, 0.4) is 0 Å². The molecule has 0 aliphatic heterocycles. The van der Waals surface area contributed by atoms with Gasteiger partial charge < -0.3 is 0 Å². The minimum atomic E-state index is 0.634. The van der Waals surface area contributed by atoms with Gasteiger partial charge in [0.1, 0.15) is 0 Å². The van der Waals surface area contributed by atoms with Gasteiger partial charge in [-0.05, 0) is 49.2 Å². The van der Waals surface area contributed by atoms with E-state index < -0.39 is 0 Å². The lowest BCUT2D eigenvalue weighted by Gasteiger charge is -2.08. The van der Waals surface area contributed by atoms with Crippen LogP contribution in [0.1, 0.15) is 11.1 Å². The summed E-state index contributed by atoms with van der Waals surface area (Å²) in [6.45, 7) is 3.92. The van der Waals surface area contributed by atoms with Gasteiger partial charge in [0, 0.05) is 53.9 Å². The van der Waals surface area contributed by atoms with E-state index in [9.17, 15) is 0 Å². The highest BCUT2D eigenvalue weighted by atomic mass is 14.9. The van der Waals surface area contributed by atoms with Gasteiger partial charge in [-0.15, -0.1) is 0 Å². The monoisotopic (exact) mass is 340 g/mol. The van der Waals surface area contributed by atoms with Crippen LogP contribution in [0.5, 0.6) is 0 Å². The Morgan fingerprint density at radius 2 is 0.846 bits per heavy atom. The zero-order valence-electron chi connectivity index (χ0n) is 14.5. The van der Waals surface area contributed by atoms with Crippen LogP contribution in [0.25, 0.3) is 34.2 Å². The Labute approximate surface area is 151 Å². The summed E-state index contributed by atoms with van der Waals surface area (Å²) >= 11 is 0. The highest BCUT2D eigenvalue weighted by Gasteiger charge is 2.11. The van der Waals surface area contributed by atoms with E-state index in [1.165, 1.54) is 0 Å². The predicted octanol–water partition coefficient (Wildman–Crippen LogP) is 3.67. The number of nitrogens with zero attached hydrogens (tertiary/aromatic N) is 6. The maximum atomic E-state index is 4.44. The molecule has 4 rings (SSSR count). The van der Waals surface area contributed by atoms with E-state index in [1.54, 1.807) is 43.2 Å². The van der Waals surface area contributed by atoms with Crippen molar-refractivity contribution in [2.24, 2.45) is 0 Å². The van der Waals surface area contributed by atoms with Crippen LogP contribution in [-0.4, -0.2) is 29.9 Å². The molecule has 4 aromatic rings. The minimum absolute atomic E-state index is 0.634. The van der Waals surface area contributed by atoms with Crippen LogP contribution < -0.4 is 0 Å². The van der Waals surface area contributed by atoms with Crippen LogP contribution in [0.2, 0.25) is 0 Å². The third-order valence-corrected chi connectivity index (χ3v) is 3.84. The quantitative estimate of drug-likeness (QED) is 0.566. The molecule has 6 heteroatoms. The van der Waals surface area contributed by atoms with E-state index in [0.29, 0.717) is 17.5 Å². The van der Waals surface area contributed by atoms with E-state index in [1.807, 2.05) is 32.0 Å². The molecule has 3 heterocycles. The third kappa shape index (κ3) is 3.30. The molecule has 0 N–H and O–H groups in total. The molecule has 0 unspecified atom stereocenters. The van der Waals surface area contributed by atoms with Crippen molar-refractivity contribution in [2.45, 2.75) is 13.8 Å². The van der Waals surface area contributed by atoms with E-state index in [2.05, 4.69) is 29.9 Å². The Morgan fingerprint density at radius 1 is 0.500 bits per heavy atom. The van der Waals surface area contributed by atoms with Crippen molar-refractivity contribution >= 4 is 0 Å². The Balaban J connectivity index is 1.89. The van der Waals surface area contributed by atoms with Gasteiger partial charge in [0.2, 0.25) is 0 Å². The fourth-order valence-electron chi connectivity index (χ4n) is 2.55. The molecule has 0 atom stereocenters. The maximum absolute atomic E-state index is 4.44. The number of hydrogen-bond acceptors (Lipinski definition) is 6. The van der Waals surface area contributed by atoms with Crippen molar-refractivity contribution in [3.63, 3.8) is 0 Å². The first-order chi connectivity index (χ1) is 12.7. The molecule has 0 aliphatic rings. The lowest BCUT2D eigenvalue weighted by molar-refractivity contribution is 1.12. The van der Waals surface area contributed by atoms with Crippen molar-refractivity contribution in [1.82, 2.24) is 29.9 Å². The largest absolute Gasteiger partial charge is 0.237 e. The summed E-state index contributed by atoms with van der Waals surface area (Å²) in [6.07, 6.45) is 10.6. The summed E-state index contributed by atoms with van der Waals surface area (Å²) in [5.41, 5.74) is 4.63. The Bertz CT molecular complexity index is 964. The molecule has 0 bridgehead atoms. The highest BCUT2D eigenvalue weighted by molar-refractivity contribution is 5.74. The highest BCUT2D eigenvalue weighted by Crippen LogP contribution is 2.28. The Morgan fingerprint density at radius 3 is 1.23 bits per heavy atom. The van der Waals surface area contributed by atoms with Crippen molar-refractivity contribution in [2.75, 3.05) is 0 Å². The second-order valence-electron chi connectivity index (χ2n) is 6.04. The topological polar surface area (TPSA) is 77.3 Å². The molecule has 126 valence electrons. The van der Waals surface area contributed by atoms with E-state index >= 15 is 0 Å².